The van der Waals surface area contributed by atoms with Gasteiger partial charge in [-0.25, -0.2) is 0 Å². The van der Waals surface area contributed by atoms with Gasteiger partial charge < -0.3 is 14.3 Å². The molecule has 2 aliphatic rings. The topological polar surface area (TPSA) is 51.3 Å². The summed E-state index contributed by atoms with van der Waals surface area (Å²) >= 11 is 0. The van der Waals surface area contributed by atoms with Crippen molar-refractivity contribution in [1.29, 1.82) is 0 Å². The number of rotatable bonds is 2. The fourth-order valence-electron chi connectivity index (χ4n) is 2.32. The van der Waals surface area contributed by atoms with Crippen LogP contribution in [0.4, 0.5) is 0 Å². The number of hydrogen-bond donors (Lipinski definition) is 1. The van der Waals surface area contributed by atoms with E-state index in [0.717, 1.165) is 0 Å². The molecule has 102 valence electrons. The van der Waals surface area contributed by atoms with E-state index in [1.807, 2.05) is 40.0 Å². The normalized spacial score (nSPS) is 24.7. The van der Waals surface area contributed by atoms with Crippen LogP contribution in [0.15, 0.2) is 17.1 Å². The molecule has 1 aromatic rings. The summed E-state index contributed by atoms with van der Waals surface area (Å²) in [5, 5.41) is 0. The first-order chi connectivity index (χ1) is 8.80. The van der Waals surface area contributed by atoms with Crippen molar-refractivity contribution in [3.05, 3.63) is 28.2 Å². The van der Waals surface area contributed by atoms with Crippen LogP contribution in [0.5, 0.6) is 0 Å². The van der Waals surface area contributed by atoms with Gasteiger partial charge in [-0.3, -0.25) is 4.79 Å². The molecule has 0 spiro atoms. The van der Waals surface area contributed by atoms with Crippen molar-refractivity contribution in [1.82, 2.24) is 4.98 Å². The zero-order valence-electron chi connectivity index (χ0n) is 11.9. The van der Waals surface area contributed by atoms with Crippen molar-refractivity contribution in [3.8, 4) is 0 Å². The summed E-state index contributed by atoms with van der Waals surface area (Å²) in [6.45, 7) is 7.97. The molecule has 1 N–H and O–H groups in total. The van der Waals surface area contributed by atoms with Gasteiger partial charge >= 0.3 is 7.12 Å². The predicted molar refractivity (Wildman–Crippen MR) is 74.8 cm³/mol. The summed E-state index contributed by atoms with van der Waals surface area (Å²) in [7, 11) is -0.576. The van der Waals surface area contributed by atoms with E-state index in [4.69, 9.17) is 9.31 Å². The molecule has 0 amide bonds. The summed E-state index contributed by atoms with van der Waals surface area (Å²) in [6, 6.07) is 1.94. The van der Waals surface area contributed by atoms with Gasteiger partial charge in [0.2, 0.25) is 5.56 Å². The molecule has 5 heteroatoms. The van der Waals surface area contributed by atoms with Crippen LogP contribution in [-0.4, -0.2) is 23.3 Å². The molecule has 3 rings (SSSR count). The van der Waals surface area contributed by atoms with E-state index in [0.29, 0.717) is 11.4 Å². The Morgan fingerprint density at radius 1 is 1.21 bits per heavy atom. The van der Waals surface area contributed by atoms with Gasteiger partial charge in [0.1, 0.15) is 0 Å². The maximum absolute atomic E-state index is 12.0. The Morgan fingerprint density at radius 2 is 1.79 bits per heavy atom. The molecule has 4 nitrogen and oxygen atoms in total. The van der Waals surface area contributed by atoms with Crippen molar-refractivity contribution in [2.24, 2.45) is 0 Å². The number of nitrogens with one attached hydrogen (secondary N) is 1. The minimum Gasteiger partial charge on any atom is -0.399 e. The van der Waals surface area contributed by atoms with E-state index >= 15 is 0 Å². The van der Waals surface area contributed by atoms with Crippen LogP contribution < -0.4 is 11.0 Å². The summed E-state index contributed by atoms with van der Waals surface area (Å²) < 4.78 is 11.9. The molecule has 2 heterocycles. The number of H-pyrrole nitrogens is 1. The van der Waals surface area contributed by atoms with Gasteiger partial charge in [-0.2, -0.15) is 0 Å². The van der Waals surface area contributed by atoms with E-state index < -0.39 is 18.3 Å². The lowest BCUT2D eigenvalue weighted by atomic mass is 9.79. The number of aromatic amines is 1. The zero-order valence-corrected chi connectivity index (χ0v) is 11.9. The van der Waals surface area contributed by atoms with Crippen LogP contribution in [0, 0.1) is 0 Å². The largest absolute Gasteiger partial charge is 0.500 e. The molecule has 1 aliphatic carbocycles. The number of hydrogen-bond acceptors (Lipinski definition) is 3. The highest BCUT2D eigenvalue weighted by atomic mass is 16.7. The molecule has 0 radical (unpaired) electrons. The highest BCUT2D eigenvalue weighted by Crippen LogP contribution is 2.40. The fraction of sp³-hybridized carbons (Fsp3) is 0.643. The second kappa shape index (κ2) is 3.96. The smallest absolute Gasteiger partial charge is 0.399 e. The van der Waals surface area contributed by atoms with E-state index in [-0.39, 0.29) is 5.56 Å². The van der Waals surface area contributed by atoms with Gasteiger partial charge in [0.25, 0.3) is 0 Å². The van der Waals surface area contributed by atoms with Crippen molar-refractivity contribution < 1.29 is 9.31 Å². The van der Waals surface area contributed by atoms with Crippen LogP contribution >= 0.6 is 0 Å². The molecule has 2 fully saturated rings. The van der Waals surface area contributed by atoms with Crippen molar-refractivity contribution in [2.45, 2.75) is 57.7 Å². The van der Waals surface area contributed by atoms with Gasteiger partial charge in [0.05, 0.1) is 11.2 Å². The zero-order chi connectivity index (χ0) is 13.8. The quantitative estimate of drug-likeness (QED) is 0.822. The van der Waals surface area contributed by atoms with E-state index in [1.165, 1.54) is 18.4 Å². The second-order valence-corrected chi connectivity index (χ2v) is 6.58. The molecule has 19 heavy (non-hydrogen) atoms. The lowest BCUT2D eigenvalue weighted by molar-refractivity contribution is 0.00578. The van der Waals surface area contributed by atoms with E-state index in [1.54, 1.807) is 0 Å². The minimum absolute atomic E-state index is 0.122. The van der Waals surface area contributed by atoms with Crippen LogP contribution in [0.1, 0.15) is 52.0 Å². The Balaban J connectivity index is 1.95. The molecule has 0 atom stereocenters. The fourth-order valence-corrected chi connectivity index (χ4v) is 2.32. The summed E-state index contributed by atoms with van der Waals surface area (Å²) in [5.41, 5.74) is 0.814. The highest BCUT2D eigenvalue weighted by Gasteiger charge is 2.52. The first kappa shape index (κ1) is 12.9. The molecule has 0 aromatic carbocycles. The first-order valence-electron chi connectivity index (χ1n) is 6.88. The standard InChI is InChI=1S/C14H20BNO3/c1-13(2)14(3,4)19-15(18-13)11-7-10(9-5-6-9)8-16-12(11)17/h7-9H,5-6H2,1-4H3,(H,16,17). The maximum Gasteiger partial charge on any atom is 0.500 e. The Bertz CT molecular complexity index is 544. The van der Waals surface area contributed by atoms with Crippen LogP contribution in [0.25, 0.3) is 0 Å². The molecule has 1 aliphatic heterocycles. The molecular formula is C14H20BNO3. The molecule has 0 bridgehead atoms. The second-order valence-electron chi connectivity index (χ2n) is 6.58. The van der Waals surface area contributed by atoms with Crippen molar-refractivity contribution in [2.75, 3.05) is 0 Å². The van der Waals surface area contributed by atoms with Crippen LogP contribution in [-0.2, 0) is 9.31 Å². The molecule has 1 saturated heterocycles. The van der Waals surface area contributed by atoms with E-state index in [9.17, 15) is 4.79 Å². The summed E-state index contributed by atoms with van der Waals surface area (Å²) in [4.78, 5) is 14.8. The van der Waals surface area contributed by atoms with Crippen LogP contribution in [0.3, 0.4) is 0 Å². The lowest BCUT2D eigenvalue weighted by Crippen LogP contribution is -2.44. The monoisotopic (exact) mass is 261 g/mol. The Hall–Kier alpha value is -1.07. The number of pyridine rings is 1. The molecule has 1 aromatic heterocycles. The Morgan fingerprint density at radius 3 is 2.32 bits per heavy atom. The average molecular weight is 261 g/mol. The maximum atomic E-state index is 12.0. The third kappa shape index (κ3) is 2.15. The Kier molecular flexibility index (Phi) is 2.70. The Labute approximate surface area is 113 Å². The molecular weight excluding hydrogens is 241 g/mol. The first-order valence-corrected chi connectivity index (χ1v) is 6.88. The van der Waals surface area contributed by atoms with Gasteiger partial charge in [-0.15, -0.1) is 0 Å². The van der Waals surface area contributed by atoms with Crippen LogP contribution in [0.2, 0.25) is 0 Å². The van der Waals surface area contributed by atoms with Crippen molar-refractivity contribution >= 4 is 12.6 Å². The number of aromatic nitrogens is 1. The van der Waals surface area contributed by atoms with Crippen molar-refractivity contribution in [3.63, 3.8) is 0 Å². The SMILES string of the molecule is CC1(C)OB(c2cc(C3CC3)c[nH]c2=O)OC1(C)C. The van der Waals surface area contributed by atoms with Gasteiger partial charge in [-0.05, 0) is 52.0 Å². The highest BCUT2D eigenvalue weighted by molar-refractivity contribution is 6.62. The minimum atomic E-state index is -0.576. The average Bonchev–Trinajstić information content (AvgIpc) is 3.08. The van der Waals surface area contributed by atoms with Gasteiger partial charge in [-0.1, -0.05) is 6.07 Å². The van der Waals surface area contributed by atoms with Gasteiger partial charge in [0, 0.05) is 11.7 Å². The lowest BCUT2D eigenvalue weighted by Gasteiger charge is -2.32. The summed E-state index contributed by atoms with van der Waals surface area (Å²) in [6.07, 6.45) is 4.22. The third-order valence-corrected chi connectivity index (χ3v) is 4.51. The van der Waals surface area contributed by atoms with Gasteiger partial charge in [0.15, 0.2) is 0 Å². The summed E-state index contributed by atoms with van der Waals surface area (Å²) in [5.74, 6) is 0.595. The molecule has 0 unspecified atom stereocenters. The van der Waals surface area contributed by atoms with E-state index in [2.05, 4.69) is 4.98 Å². The predicted octanol–water partition coefficient (Wildman–Crippen LogP) is 1.55. The third-order valence-electron chi connectivity index (χ3n) is 4.51. The molecule has 1 saturated carbocycles.